The van der Waals surface area contributed by atoms with Crippen molar-refractivity contribution in [2.24, 2.45) is 5.73 Å². The molecule has 0 aromatic rings. The van der Waals surface area contributed by atoms with Gasteiger partial charge < -0.3 is 0 Å². The summed E-state index contributed by atoms with van der Waals surface area (Å²) in [7, 11) is 1.19. The van der Waals surface area contributed by atoms with E-state index in [9.17, 15) is 4.79 Å². The van der Waals surface area contributed by atoms with E-state index >= 15 is 0 Å². The second-order valence-corrected chi connectivity index (χ2v) is 4.73. The molecule has 0 bridgehead atoms. The number of aliphatic carboxylic acids is 1. The van der Waals surface area contributed by atoms with E-state index in [1.54, 1.807) is 0 Å². The van der Waals surface area contributed by atoms with Crippen LogP contribution in [0.5, 0.6) is 0 Å². The monoisotopic (exact) mass is 212 g/mol. The van der Waals surface area contributed by atoms with E-state index in [-0.39, 0.29) is 0 Å². The molecule has 0 aliphatic carbocycles. The van der Waals surface area contributed by atoms with Crippen LogP contribution < -0.4 is 5.73 Å². The van der Waals surface area contributed by atoms with Gasteiger partial charge in [0.25, 0.3) is 0 Å². The molecule has 4 nitrogen and oxygen atoms in total. The van der Waals surface area contributed by atoms with Crippen molar-refractivity contribution in [2.75, 3.05) is 5.75 Å². The van der Waals surface area contributed by atoms with E-state index in [4.69, 9.17) is 14.9 Å². The van der Waals surface area contributed by atoms with Crippen molar-refractivity contribution in [2.45, 2.75) is 6.04 Å². The molecule has 0 aromatic heterocycles. The summed E-state index contributed by atoms with van der Waals surface area (Å²) in [6, 6.07) is -0.836. The Morgan fingerprint density at radius 2 is 2.44 bits per heavy atom. The number of hydrogen-bond acceptors (Lipinski definition) is 4. The fraction of sp³-hybridized carbons (Fsp3) is 0.667. The van der Waals surface area contributed by atoms with Gasteiger partial charge in [-0.3, -0.25) is 0 Å². The molecule has 1 atom stereocenters. The predicted octanol–water partition coefficient (Wildman–Crippen LogP) is -1.34. The fourth-order valence-electron chi connectivity index (χ4n) is 0.185. The summed E-state index contributed by atoms with van der Waals surface area (Å²) < 4.78 is 8.31. The van der Waals surface area contributed by atoms with Gasteiger partial charge in [0.05, 0.1) is 0 Å². The van der Waals surface area contributed by atoms with Crippen LogP contribution in [0.2, 0.25) is 0 Å². The molecule has 0 spiro atoms. The number of hydrogen-bond donors (Lipinski definition) is 3. The first-order valence-electron chi connectivity index (χ1n) is 2.13. The first kappa shape index (κ1) is 9.30. The molecule has 6 heteroatoms. The molecule has 0 heterocycles. The van der Waals surface area contributed by atoms with E-state index in [1.165, 1.54) is 10.0 Å². The Morgan fingerprint density at radius 1 is 1.89 bits per heavy atom. The summed E-state index contributed by atoms with van der Waals surface area (Å²) in [5.41, 5.74) is 5.09. The van der Waals surface area contributed by atoms with Gasteiger partial charge in [0.1, 0.15) is 0 Å². The van der Waals surface area contributed by atoms with Gasteiger partial charge in [-0.2, -0.15) is 0 Å². The second kappa shape index (κ2) is 5.11. The minimum absolute atomic E-state index is 0.297. The summed E-state index contributed by atoms with van der Waals surface area (Å²) >= 11 is -0.761. The van der Waals surface area contributed by atoms with Crippen molar-refractivity contribution in [3.8, 4) is 0 Å². The van der Waals surface area contributed by atoms with Gasteiger partial charge in [0.15, 0.2) is 0 Å². The van der Waals surface area contributed by atoms with Crippen LogP contribution in [-0.2, 0) is 4.79 Å². The van der Waals surface area contributed by atoms with E-state index in [0.29, 0.717) is 5.75 Å². The number of carbonyl (C=O) groups is 1. The van der Waals surface area contributed by atoms with Crippen molar-refractivity contribution in [3.05, 3.63) is 0 Å². The van der Waals surface area contributed by atoms with Crippen molar-refractivity contribution >= 4 is 30.9 Å². The average molecular weight is 212 g/mol. The summed E-state index contributed by atoms with van der Waals surface area (Å²) in [6.45, 7) is 0. The molecule has 0 amide bonds. The van der Waals surface area contributed by atoms with Crippen LogP contribution >= 0.6 is 10.0 Å². The molecule has 0 fully saturated rings. The molecule has 0 unspecified atom stereocenters. The summed E-state index contributed by atoms with van der Waals surface area (Å²) in [5, 5.41) is 8.20. The molecule has 9 heavy (non-hydrogen) atoms. The normalized spacial score (nSPS) is 14.4. The Morgan fingerprint density at radius 3 is 2.78 bits per heavy atom. The van der Waals surface area contributed by atoms with E-state index in [2.05, 4.69) is 0 Å². The van der Waals surface area contributed by atoms with Gasteiger partial charge in [0, 0.05) is 0 Å². The Labute approximate surface area is 62.8 Å². The molecule has 0 aliphatic heterocycles. The zero-order valence-corrected chi connectivity index (χ0v) is 7.21. The Balaban J connectivity index is 3.27. The quantitative estimate of drug-likeness (QED) is 0.502. The maximum atomic E-state index is 10.00. The Hall–Kier alpha value is 0.298. The number of carboxylic acid groups (broad SMARTS) is 1. The van der Waals surface area contributed by atoms with Crippen molar-refractivity contribution in [1.82, 2.24) is 0 Å². The zero-order chi connectivity index (χ0) is 7.28. The number of nitrogens with two attached hydrogens (primary N) is 1. The van der Waals surface area contributed by atoms with Crippen LogP contribution in [0.3, 0.4) is 0 Å². The fourth-order valence-corrected chi connectivity index (χ4v) is 1.99. The van der Waals surface area contributed by atoms with Crippen LogP contribution in [0.4, 0.5) is 0 Å². The third-order valence-electron chi connectivity index (χ3n) is 0.629. The maximum absolute atomic E-state index is 10.00. The molecule has 0 aromatic carbocycles. The predicted molar refractivity (Wildman–Crippen MR) is 36.0 cm³/mol. The first-order valence-corrected chi connectivity index (χ1v) is 6.21. The summed E-state index contributed by atoms with van der Waals surface area (Å²) in [4.78, 5) is 10.00. The average Bonchev–Trinajstić information content (AvgIpc) is 1.82. The van der Waals surface area contributed by atoms with Crippen LogP contribution in [0, 0.1) is 0 Å². The summed E-state index contributed by atoms with van der Waals surface area (Å²) in [6.07, 6.45) is 0. The van der Waals surface area contributed by atoms with Gasteiger partial charge in [0.2, 0.25) is 0 Å². The standard InChI is InChI=1S/C3H7AsNO3S/c5-2(3(6)7)1-9-4-8/h2,8H,1,5H2,(H,6,7)/t2-/m0/s1. The van der Waals surface area contributed by atoms with Gasteiger partial charge in [-0.05, 0) is 0 Å². The van der Waals surface area contributed by atoms with Gasteiger partial charge in [-0.15, -0.1) is 0 Å². The topological polar surface area (TPSA) is 83.5 Å². The first-order chi connectivity index (χ1) is 4.18. The molecule has 0 saturated carbocycles. The molecule has 53 valence electrons. The van der Waals surface area contributed by atoms with Crippen LogP contribution in [0.1, 0.15) is 0 Å². The molecule has 4 N–H and O–H groups in total. The molecular weight excluding hydrogens is 205 g/mol. The Kier molecular flexibility index (Phi) is 5.28. The van der Waals surface area contributed by atoms with Crippen LogP contribution in [0.15, 0.2) is 0 Å². The van der Waals surface area contributed by atoms with Gasteiger partial charge >= 0.3 is 62.5 Å². The van der Waals surface area contributed by atoms with Crippen LogP contribution in [-0.4, -0.2) is 41.9 Å². The third-order valence-corrected chi connectivity index (χ3v) is 2.92. The van der Waals surface area contributed by atoms with E-state index in [0.717, 1.165) is 0 Å². The number of carboxylic acids is 1. The molecule has 0 rings (SSSR count). The second-order valence-electron chi connectivity index (χ2n) is 1.32. The summed E-state index contributed by atoms with van der Waals surface area (Å²) in [5.74, 6) is -0.719. The van der Waals surface area contributed by atoms with Gasteiger partial charge in [-0.25, -0.2) is 0 Å². The van der Waals surface area contributed by atoms with E-state index in [1.807, 2.05) is 0 Å². The third kappa shape index (κ3) is 4.78. The SMILES string of the molecule is N[C@@H](CS[As]O)C(=O)O. The van der Waals surface area contributed by atoms with E-state index < -0.39 is 26.9 Å². The van der Waals surface area contributed by atoms with Crippen LogP contribution in [0.25, 0.3) is 0 Å². The van der Waals surface area contributed by atoms with Crippen molar-refractivity contribution in [3.63, 3.8) is 0 Å². The van der Waals surface area contributed by atoms with Crippen molar-refractivity contribution < 1.29 is 14.0 Å². The number of rotatable bonds is 4. The molecule has 0 saturated heterocycles. The molecular formula is C3H7AsNO3S. The Bertz CT molecular complexity index is 101. The minimum atomic E-state index is -1.02. The zero-order valence-electron chi connectivity index (χ0n) is 4.52. The molecule has 0 aliphatic rings. The van der Waals surface area contributed by atoms with Gasteiger partial charge in [-0.1, -0.05) is 0 Å². The van der Waals surface area contributed by atoms with Crippen molar-refractivity contribution in [1.29, 1.82) is 0 Å². The molecule has 1 radical (unpaired) electrons.